The highest BCUT2D eigenvalue weighted by Gasteiger charge is 2.37. The number of aromatic nitrogens is 2. The van der Waals surface area contributed by atoms with Crippen LogP contribution in [-0.4, -0.2) is 28.7 Å². The fourth-order valence-electron chi connectivity index (χ4n) is 2.55. The number of carbonyl (C=O) groups excluding carboxylic acids is 1. The predicted octanol–water partition coefficient (Wildman–Crippen LogP) is 3.22. The number of amides is 1. The first-order valence-corrected chi connectivity index (χ1v) is 7.65. The first-order chi connectivity index (χ1) is 11.1. The molecule has 1 aliphatic heterocycles. The molecule has 0 radical (unpaired) electrons. The van der Waals surface area contributed by atoms with E-state index in [-0.39, 0.29) is 24.1 Å². The van der Waals surface area contributed by atoms with Crippen LogP contribution < -0.4 is 10.2 Å². The molecule has 7 heteroatoms. The lowest BCUT2D eigenvalue weighted by molar-refractivity contribution is 0.177. The Kier molecular flexibility index (Phi) is 4.18. The molecule has 7 nitrogen and oxygen atoms in total. The molecule has 2 aromatic rings. The Morgan fingerprint density at radius 3 is 2.87 bits per heavy atom. The van der Waals surface area contributed by atoms with Crippen LogP contribution >= 0.6 is 0 Å². The number of hydrogen-bond donors (Lipinski definition) is 1. The third kappa shape index (κ3) is 3.13. The van der Waals surface area contributed by atoms with Gasteiger partial charge in [-0.15, -0.1) is 0 Å². The van der Waals surface area contributed by atoms with Crippen LogP contribution in [0, 0.1) is 5.92 Å². The van der Waals surface area contributed by atoms with Gasteiger partial charge in [-0.1, -0.05) is 13.8 Å². The average Bonchev–Trinajstić information content (AvgIpc) is 3.16. The van der Waals surface area contributed by atoms with Gasteiger partial charge in [0.05, 0.1) is 18.3 Å². The zero-order valence-electron chi connectivity index (χ0n) is 13.4. The predicted molar refractivity (Wildman–Crippen MR) is 85.2 cm³/mol. The summed E-state index contributed by atoms with van der Waals surface area (Å²) < 4.78 is 10.5. The molecule has 0 saturated carbocycles. The van der Waals surface area contributed by atoms with Gasteiger partial charge >= 0.3 is 6.09 Å². The van der Waals surface area contributed by atoms with E-state index < -0.39 is 0 Å². The topological polar surface area (TPSA) is 80.5 Å². The van der Waals surface area contributed by atoms with E-state index in [9.17, 15) is 4.79 Å². The van der Waals surface area contributed by atoms with Crippen molar-refractivity contribution >= 4 is 17.9 Å². The molecule has 1 amide bonds. The molecule has 2 aromatic heterocycles. The lowest BCUT2D eigenvalue weighted by Gasteiger charge is -2.23. The Morgan fingerprint density at radius 2 is 2.17 bits per heavy atom. The highest BCUT2D eigenvalue weighted by molar-refractivity contribution is 5.89. The molecule has 122 valence electrons. The van der Waals surface area contributed by atoms with Crippen LogP contribution in [0.15, 0.2) is 35.1 Å². The van der Waals surface area contributed by atoms with Gasteiger partial charge in [0.1, 0.15) is 18.2 Å². The summed E-state index contributed by atoms with van der Waals surface area (Å²) in [5.41, 5.74) is 0. The minimum Gasteiger partial charge on any atom is -0.467 e. The summed E-state index contributed by atoms with van der Waals surface area (Å²) in [5, 5.41) is 3.17. The van der Waals surface area contributed by atoms with Gasteiger partial charge in [0.15, 0.2) is 0 Å². The number of ether oxygens (including phenoxy) is 1. The standard InChI is InChI=1S/C16H20N4O3/c1-10(2)12-9-23-16(21)20(12)14-6-7-17-15(19-14)18-11(3)13-5-4-8-22-13/h4-8,10-12H,9H2,1-3H3,(H,17,18,19)/t11?,12-/m1/s1. The monoisotopic (exact) mass is 316 g/mol. The summed E-state index contributed by atoms with van der Waals surface area (Å²) in [4.78, 5) is 22.3. The van der Waals surface area contributed by atoms with Crippen LogP contribution in [0.5, 0.6) is 0 Å². The smallest absolute Gasteiger partial charge is 0.415 e. The quantitative estimate of drug-likeness (QED) is 0.912. The first kappa shape index (κ1) is 15.3. The summed E-state index contributed by atoms with van der Waals surface area (Å²) in [6.45, 7) is 6.44. The summed E-state index contributed by atoms with van der Waals surface area (Å²) in [6, 6.07) is 5.33. The molecular formula is C16H20N4O3. The van der Waals surface area contributed by atoms with E-state index in [1.807, 2.05) is 19.1 Å². The summed E-state index contributed by atoms with van der Waals surface area (Å²) in [7, 11) is 0. The molecule has 0 aliphatic carbocycles. The summed E-state index contributed by atoms with van der Waals surface area (Å²) in [5.74, 6) is 2.04. The molecule has 23 heavy (non-hydrogen) atoms. The molecule has 1 unspecified atom stereocenters. The number of furan rings is 1. The van der Waals surface area contributed by atoms with Crippen molar-refractivity contribution in [3.05, 3.63) is 36.4 Å². The Hall–Kier alpha value is -2.57. The van der Waals surface area contributed by atoms with Gasteiger partial charge in [0.2, 0.25) is 5.95 Å². The second-order valence-corrected chi connectivity index (χ2v) is 5.88. The highest BCUT2D eigenvalue weighted by atomic mass is 16.6. The molecule has 0 bridgehead atoms. The minimum absolute atomic E-state index is 0.0206. The minimum atomic E-state index is -0.368. The van der Waals surface area contributed by atoms with E-state index in [1.54, 1.807) is 23.4 Å². The van der Waals surface area contributed by atoms with Gasteiger partial charge in [-0.2, -0.15) is 4.98 Å². The normalized spacial score (nSPS) is 19.0. The number of hydrogen-bond acceptors (Lipinski definition) is 6. The average molecular weight is 316 g/mol. The molecule has 3 heterocycles. The van der Waals surface area contributed by atoms with Crippen LogP contribution in [0.2, 0.25) is 0 Å². The van der Waals surface area contributed by atoms with E-state index >= 15 is 0 Å². The Labute approximate surface area is 134 Å². The number of carbonyl (C=O) groups is 1. The van der Waals surface area contributed by atoms with Gasteiger partial charge in [-0.25, -0.2) is 9.78 Å². The van der Waals surface area contributed by atoms with Gasteiger partial charge in [0, 0.05) is 6.20 Å². The lowest BCUT2D eigenvalue weighted by atomic mass is 10.0. The van der Waals surface area contributed by atoms with E-state index in [2.05, 4.69) is 29.1 Å². The largest absolute Gasteiger partial charge is 0.467 e. The maximum Gasteiger partial charge on any atom is 0.415 e. The van der Waals surface area contributed by atoms with Crippen molar-refractivity contribution in [2.24, 2.45) is 5.92 Å². The number of cyclic esters (lactones) is 1. The molecule has 0 spiro atoms. The van der Waals surface area contributed by atoms with Crippen LogP contribution in [0.25, 0.3) is 0 Å². The van der Waals surface area contributed by atoms with E-state index in [0.717, 1.165) is 5.76 Å². The van der Waals surface area contributed by atoms with E-state index in [4.69, 9.17) is 9.15 Å². The van der Waals surface area contributed by atoms with Crippen molar-refractivity contribution in [3.8, 4) is 0 Å². The van der Waals surface area contributed by atoms with Crippen LogP contribution in [0.3, 0.4) is 0 Å². The molecule has 1 saturated heterocycles. The molecule has 1 fully saturated rings. The van der Waals surface area contributed by atoms with Crippen molar-refractivity contribution in [2.75, 3.05) is 16.8 Å². The number of rotatable bonds is 5. The maximum absolute atomic E-state index is 12.0. The van der Waals surface area contributed by atoms with Crippen molar-refractivity contribution in [3.63, 3.8) is 0 Å². The molecular weight excluding hydrogens is 296 g/mol. The lowest BCUT2D eigenvalue weighted by Crippen LogP contribution is -2.37. The third-order valence-corrected chi connectivity index (χ3v) is 3.88. The Bertz CT molecular complexity index is 672. The second-order valence-electron chi connectivity index (χ2n) is 5.88. The SMILES string of the molecule is CC(Nc1nccc(N2C(=O)OC[C@@H]2C(C)C)n1)c1ccco1. The molecule has 1 N–H and O–H groups in total. The molecule has 2 atom stereocenters. The van der Waals surface area contributed by atoms with Crippen LogP contribution in [0.4, 0.5) is 16.6 Å². The van der Waals surface area contributed by atoms with Crippen molar-refractivity contribution < 1.29 is 13.9 Å². The summed E-state index contributed by atoms with van der Waals surface area (Å²) in [6.07, 6.45) is 2.88. The fraction of sp³-hybridized carbons (Fsp3) is 0.438. The van der Waals surface area contributed by atoms with Gasteiger partial charge < -0.3 is 14.5 Å². The van der Waals surface area contributed by atoms with E-state index in [1.165, 1.54) is 0 Å². The Morgan fingerprint density at radius 1 is 1.35 bits per heavy atom. The van der Waals surface area contributed by atoms with E-state index in [0.29, 0.717) is 18.4 Å². The van der Waals surface area contributed by atoms with Gasteiger partial charge in [0.25, 0.3) is 0 Å². The van der Waals surface area contributed by atoms with Crippen molar-refractivity contribution in [1.29, 1.82) is 0 Å². The molecule has 3 rings (SSSR count). The van der Waals surface area contributed by atoms with Crippen LogP contribution in [0.1, 0.15) is 32.6 Å². The van der Waals surface area contributed by atoms with Gasteiger partial charge in [-0.3, -0.25) is 4.90 Å². The van der Waals surface area contributed by atoms with Crippen LogP contribution in [-0.2, 0) is 4.74 Å². The van der Waals surface area contributed by atoms with Crippen molar-refractivity contribution in [1.82, 2.24) is 9.97 Å². The Balaban J connectivity index is 1.81. The maximum atomic E-state index is 12.0. The fourth-order valence-corrected chi connectivity index (χ4v) is 2.55. The third-order valence-electron chi connectivity index (χ3n) is 3.88. The molecule has 1 aliphatic rings. The second kappa shape index (κ2) is 6.28. The molecule has 0 aromatic carbocycles. The zero-order chi connectivity index (χ0) is 16.4. The zero-order valence-corrected chi connectivity index (χ0v) is 13.4. The van der Waals surface area contributed by atoms with Crippen molar-refractivity contribution in [2.45, 2.75) is 32.9 Å². The first-order valence-electron chi connectivity index (χ1n) is 7.65. The number of anilines is 2. The number of nitrogens with zero attached hydrogens (tertiary/aromatic N) is 3. The number of nitrogens with one attached hydrogen (secondary N) is 1. The summed E-state index contributed by atoms with van der Waals surface area (Å²) >= 11 is 0. The highest BCUT2D eigenvalue weighted by Crippen LogP contribution is 2.26. The van der Waals surface area contributed by atoms with Gasteiger partial charge in [-0.05, 0) is 31.0 Å².